The van der Waals surface area contributed by atoms with Crippen LogP contribution in [0.1, 0.15) is 5.56 Å². The molecule has 0 saturated carbocycles. The Morgan fingerprint density at radius 1 is 1.00 bits per heavy atom. The van der Waals surface area contributed by atoms with Crippen LogP contribution in [0.15, 0.2) is 24.3 Å². The van der Waals surface area contributed by atoms with Crippen molar-refractivity contribution in [3.8, 4) is 5.75 Å². The fourth-order valence-corrected chi connectivity index (χ4v) is 2.68. The van der Waals surface area contributed by atoms with Crippen molar-refractivity contribution in [1.82, 2.24) is 0 Å². The van der Waals surface area contributed by atoms with E-state index in [9.17, 15) is 10.2 Å². The molecule has 0 unspecified atom stereocenters. The second-order valence-electron chi connectivity index (χ2n) is 5.27. The monoisotopic (exact) mass is 328 g/mol. The maximum Gasteiger partial charge on any atom is 0.184 e. The summed E-state index contributed by atoms with van der Waals surface area (Å²) in [5.74, 6) is 0.764. The van der Waals surface area contributed by atoms with Crippen LogP contribution in [0.25, 0.3) is 0 Å². The van der Waals surface area contributed by atoms with E-state index in [2.05, 4.69) is 0 Å². The van der Waals surface area contributed by atoms with Gasteiger partial charge in [0.2, 0.25) is 0 Å². The summed E-state index contributed by atoms with van der Waals surface area (Å²) < 4.78 is 27.0. The van der Waals surface area contributed by atoms with Gasteiger partial charge >= 0.3 is 0 Å². The van der Waals surface area contributed by atoms with Crippen LogP contribution in [0.3, 0.4) is 0 Å². The van der Waals surface area contributed by atoms with Gasteiger partial charge in [0.25, 0.3) is 0 Å². The van der Waals surface area contributed by atoms with Gasteiger partial charge in [-0.2, -0.15) is 0 Å². The summed E-state index contributed by atoms with van der Waals surface area (Å²) in [6.45, 7) is 0.0154. The summed E-state index contributed by atoms with van der Waals surface area (Å²) in [5.41, 5.74) is 0.942. The molecule has 1 heterocycles. The molecule has 1 saturated heterocycles. The summed E-state index contributed by atoms with van der Waals surface area (Å²) in [7, 11) is 4.58. The molecular formula is C16H24O7. The molecule has 0 aromatic heterocycles. The van der Waals surface area contributed by atoms with Crippen molar-refractivity contribution in [3.05, 3.63) is 29.8 Å². The Morgan fingerprint density at radius 3 is 2.17 bits per heavy atom. The number of ether oxygens (including phenoxy) is 5. The maximum atomic E-state index is 9.92. The fourth-order valence-electron chi connectivity index (χ4n) is 2.68. The topological polar surface area (TPSA) is 86.6 Å². The molecule has 0 spiro atoms. The van der Waals surface area contributed by atoms with E-state index >= 15 is 0 Å². The van der Waals surface area contributed by atoms with Crippen molar-refractivity contribution in [2.45, 2.75) is 37.3 Å². The molecule has 1 fully saturated rings. The first-order valence-corrected chi connectivity index (χ1v) is 7.39. The number of hydrogen-bond donors (Lipinski definition) is 2. The van der Waals surface area contributed by atoms with Crippen LogP contribution in [0, 0.1) is 0 Å². The lowest BCUT2D eigenvalue weighted by atomic mass is 9.98. The second kappa shape index (κ2) is 8.58. The van der Waals surface area contributed by atoms with Gasteiger partial charge in [-0.05, 0) is 17.7 Å². The second-order valence-corrected chi connectivity index (χ2v) is 5.27. The zero-order valence-electron chi connectivity index (χ0n) is 13.5. The van der Waals surface area contributed by atoms with Crippen LogP contribution in [0.5, 0.6) is 5.75 Å². The number of hydrogen-bond acceptors (Lipinski definition) is 7. The molecule has 1 aliphatic heterocycles. The predicted octanol–water partition coefficient (Wildman–Crippen LogP) is 0.320. The highest BCUT2D eigenvalue weighted by molar-refractivity contribution is 5.26. The SMILES string of the molecule is COc1ccc(CO[C@H]2[C@H](OC)[C@@H](OC)[C@@H](O)O[C@@H]2CO)cc1. The Kier molecular flexibility index (Phi) is 6.76. The molecule has 0 radical (unpaired) electrons. The van der Waals surface area contributed by atoms with Crippen LogP contribution in [-0.2, 0) is 25.6 Å². The van der Waals surface area contributed by atoms with E-state index in [1.54, 1.807) is 7.11 Å². The van der Waals surface area contributed by atoms with Gasteiger partial charge < -0.3 is 33.9 Å². The van der Waals surface area contributed by atoms with Crippen LogP contribution in [0.4, 0.5) is 0 Å². The number of benzene rings is 1. The molecule has 2 rings (SSSR count). The van der Waals surface area contributed by atoms with Gasteiger partial charge in [0, 0.05) is 14.2 Å². The highest BCUT2D eigenvalue weighted by Gasteiger charge is 2.46. The van der Waals surface area contributed by atoms with E-state index in [-0.39, 0.29) is 6.61 Å². The van der Waals surface area contributed by atoms with E-state index in [1.165, 1.54) is 14.2 Å². The van der Waals surface area contributed by atoms with Crippen molar-refractivity contribution in [1.29, 1.82) is 0 Å². The number of aliphatic hydroxyl groups excluding tert-OH is 2. The molecule has 7 nitrogen and oxygen atoms in total. The average molecular weight is 328 g/mol. The quantitative estimate of drug-likeness (QED) is 0.745. The Morgan fingerprint density at radius 2 is 1.65 bits per heavy atom. The minimum atomic E-state index is -1.18. The van der Waals surface area contributed by atoms with Gasteiger partial charge in [0.15, 0.2) is 6.29 Å². The van der Waals surface area contributed by atoms with Crippen molar-refractivity contribution >= 4 is 0 Å². The molecule has 2 N–H and O–H groups in total. The normalized spacial score (nSPS) is 31.1. The van der Waals surface area contributed by atoms with Crippen molar-refractivity contribution in [3.63, 3.8) is 0 Å². The van der Waals surface area contributed by atoms with Gasteiger partial charge in [-0.3, -0.25) is 0 Å². The Labute approximate surface area is 135 Å². The van der Waals surface area contributed by atoms with Crippen molar-refractivity contribution in [2.24, 2.45) is 0 Å². The van der Waals surface area contributed by atoms with E-state index in [4.69, 9.17) is 23.7 Å². The summed E-state index contributed by atoms with van der Waals surface area (Å²) in [6, 6.07) is 7.46. The maximum absolute atomic E-state index is 9.92. The average Bonchev–Trinajstić information content (AvgIpc) is 2.59. The summed E-state index contributed by atoms with van der Waals surface area (Å²) in [6.07, 6.45) is -3.69. The highest BCUT2D eigenvalue weighted by atomic mass is 16.7. The van der Waals surface area contributed by atoms with Gasteiger partial charge in [0.1, 0.15) is 30.2 Å². The van der Waals surface area contributed by atoms with Gasteiger partial charge in [-0.25, -0.2) is 0 Å². The molecule has 1 aliphatic rings. The molecule has 1 aromatic carbocycles. The first-order valence-electron chi connectivity index (χ1n) is 7.39. The standard InChI is InChI=1S/C16H24O7/c1-19-11-6-4-10(5-7-11)9-22-13-12(8-17)23-16(18)15(21-3)14(13)20-2/h4-7,12-18H,8-9H2,1-3H3/t12-,13-,14+,15-,16+/m1/s1. The molecule has 7 heteroatoms. The number of rotatable bonds is 7. The van der Waals surface area contributed by atoms with Gasteiger partial charge in [0.05, 0.1) is 20.3 Å². The molecule has 5 atom stereocenters. The zero-order valence-corrected chi connectivity index (χ0v) is 13.5. The lowest BCUT2D eigenvalue weighted by molar-refractivity contribution is -0.304. The third-order valence-electron chi connectivity index (χ3n) is 3.94. The number of methoxy groups -OCH3 is 3. The third kappa shape index (κ3) is 4.20. The lowest BCUT2D eigenvalue weighted by Gasteiger charge is -2.43. The minimum Gasteiger partial charge on any atom is -0.497 e. The van der Waals surface area contributed by atoms with E-state index < -0.39 is 30.7 Å². The molecule has 23 heavy (non-hydrogen) atoms. The smallest absolute Gasteiger partial charge is 0.184 e. The largest absolute Gasteiger partial charge is 0.497 e. The van der Waals surface area contributed by atoms with Crippen molar-refractivity contribution in [2.75, 3.05) is 27.9 Å². The first kappa shape index (κ1) is 18.1. The summed E-state index contributed by atoms with van der Waals surface area (Å²) in [5, 5.41) is 19.4. The van der Waals surface area contributed by atoms with Gasteiger partial charge in [-0.15, -0.1) is 0 Å². The van der Waals surface area contributed by atoms with E-state index in [0.717, 1.165) is 11.3 Å². The lowest BCUT2D eigenvalue weighted by Crippen LogP contribution is -2.60. The molecule has 0 amide bonds. The third-order valence-corrected chi connectivity index (χ3v) is 3.94. The molecule has 130 valence electrons. The number of aliphatic hydroxyl groups is 2. The highest BCUT2D eigenvalue weighted by Crippen LogP contribution is 2.27. The van der Waals surface area contributed by atoms with Crippen molar-refractivity contribution < 1.29 is 33.9 Å². The molecule has 1 aromatic rings. The first-order chi connectivity index (χ1) is 11.1. The summed E-state index contributed by atoms with van der Waals surface area (Å²) >= 11 is 0. The van der Waals surface area contributed by atoms with Crippen LogP contribution < -0.4 is 4.74 Å². The predicted molar refractivity (Wildman–Crippen MR) is 81.1 cm³/mol. The Balaban J connectivity index is 2.06. The Hall–Kier alpha value is -1.22. The minimum absolute atomic E-state index is 0.291. The molecule has 0 aliphatic carbocycles. The molecular weight excluding hydrogens is 304 g/mol. The Bertz CT molecular complexity index is 464. The van der Waals surface area contributed by atoms with Crippen LogP contribution >= 0.6 is 0 Å². The van der Waals surface area contributed by atoms with Crippen LogP contribution in [-0.4, -0.2) is 68.9 Å². The zero-order chi connectivity index (χ0) is 16.8. The van der Waals surface area contributed by atoms with Crippen LogP contribution in [0.2, 0.25) is 0 Å². The fraction of sp³-hybridized carbons (Fsp3) is 0.625. The summed E-state index contributed by atoms with van der Waals surface area (Å²) in [4.78, 5) is 0. The molecule has 0 bridgehead atoms. The van der Waals surface area contributed by atoms with E-state index in [1.807, 2.05) is 24.3 Å². The van der Waals surface area contributed by atoms with Gasteiger partial charge in [-0.1, -0.05) is 12.1 Å². The van der Waals surface area contributed by atoms with E-state index in [0.29, 0.717) is 6.61 Å².